The Kier molecular flexibility index (Phi) is 3.91. The lowest BCUT2D eigenvalue weighted by Gasteiger charge is -2.29. The van der Waals surface area contributed by atoms with Gasteiger partial charge in [-0.2, -0.15) is 0 Å². The molecule has 0 unspecified atom stereocenters. The molecule has 1 saturated heterocycles. The number of piperidine rings is 1. The van der Waals surface area contributed by atoms with Crippen molar-refractivity contribution >= 4 is 11.8 Å². The van der Waals surface area contributed by atoms with Gasteiger partial charge in [0.1, 0.15) is 0 Å². The Morgan fingerprint density at radius 1 is 1.08 bits per heavy atom. The molecule has 1 nitrogen and oxygen atoms in total. The smallest absolute Gasteiger partial charge is 0.0449 e. The topological polar surface area (TPSA) is 3.24 Å². The SMILES string of the molecule is CC(C)(C)SCN1CCCCC1. The van der Waals surface area contributed by atoms with Gasteiger partial charge >= 0.3 is 0 Å². The molecule has 0 spiro atoms. The molecule has 0 saturated carbocycles. The largest absolute Gasteiger partial charge is 0.294 e. The number of rotatable bonds is 2. The van der Waals surface area contributed by atoms with Crippen LogP contribution in [0, 0.1) is 0 Å². The first-order valence-corrected chi connectivity index (χ1v) is 5.93. The van der Waals surface area contributed by atoms with Crippen molar-refractivity contribution in [1.29, 1.82) is 0 Å². The second-order valence-electron chi connectivity index (χ2n) is 4.56. The van der Waals surface area contributed by atoms with Crippen molar-refractivity contribution in [3.8, 4) is 0 Å². The molecule has 0 N–H and O–H groups in total. The van der Waals surface area contributed by atoms with Crippen LogP contribution in [0.3, 0.4) is 0 Å². The van der Waals surface area contributed by atoms with E-state index in [1.807, 2.05) is 0 Å². The molecule has 1 rings (SSSR count). The third-order valence-corrected chi connectivity index (χ3v) is 3.49. The number of nitrogens with zero attached hydrogens (tertiary/aromatic N) is 1. The molecule has 0 aliphatic carbocycles. The number of hydrogen-bond acceptors (Lipinski definition) is 2. The average Bonchev–Trinajstić information content (AvgIpc) is 2.02. The standard InChI is InChI=1S/C10H21NS/c1-10(2,3)12-9-11-7-5-4-6-8-11/h4-9H2,1-3H3. The highest BCUT2D eigenvalue weighted by Crippen LogP contribution is 2.25. The molecule has 1 heterocycles. The first-order chi connectivity index (χ1) is 5.58. The van der Waals surface area contributed by atoms with Crippen LogP contribution in [-0.4, -0.2) is 28.6 Å². The summed E-state index contributed by atoms with van der Waals surface area (Å²) in [5.41, 5.74) is 0. The van der Waals surface area contributed by atoms with Crippen LogP contribution in [-0.2, 0) is 0 Å². The summed E-state index contributed by atoms with van der Waals surface area (Å²) < 4.78 is 0.428. The van der Waals surface area contributed by atoms with Crippen LogP contribution in [0.5, 0.6) is 0 Å². The number of hydrogen-bond donors (Lipinski definition) is 0. The third-order valence-electron chi connectivity index (χ3n) is 2.13. The fourth-order valence-corrected chi connectivity index (χ4v) is 2.20. The summed E-state index contributed by atoms with van der Waals surface area (Å²) in [7, 11) is 0. The molecule has 0 bridgehead atoms. The van der Waals surface area contributed by atoms with E-state index in [0.29, 0.717) is 4.75 Å². The summed E-state index contributed by atoms with van der Waals surface area (Å²) in [4.78, 5) is 2.58. The molecular formula is C10H21NS. The van der Waals surface area contributed by atoms with Crippen LogP contribution in [0.4, 0.5) is 0 Å². The lowest BCUT2D eigenvalue weighted by atomic mass is 10.1. The van der Waals surface area contributed by atoms with Gasteiger partial charge in [0.15, 0.2) is 0 Å². The van der Waals surface area contributed by atoms with Crippen molar-refractivity contribution in [2.45, 2.75) is 44.8 Å². The van der Waals surface area contributed by atoms with Gasteiger partial charge in [0.25, 0.3) is 0 Å². The van der Waals surface area contributed by atoms with Crippen molar-refractivity contribution < 1.29 is 0 Å². The molecule has 1 aliphatic heterocycles. The minimum Gasteiger partial charge on any atom is -0.294 e. The molecule has 72 valence electrons. The predicted octanol–water partition coefficient (Wildman–Crippen LogP) is 2.96. The van der Waals surface area contributed by atoms with E-state index in [1.54, 1.807) is 0 Å². The summed E-state index contributed by atoms with van der Waals surface area (Å²) in [5.74, 6) is 1.23. The average molecular weight is 187 g/mol. The highest BCUT2D eigenvalue weighted by atomic mass is 32.2. The first-order valence-electron chi connectivity index (χ1n) is 4.94. The van der Waals surface area contributed by atoms with Crippen LogP contribution in [0.1, 0.15) is 40.0 Å². The normalized spacial score (nSPS) is 21.2. The maximum atomic E-state index is 2.58. The van der Waals surface area contributed by atoms with Crippen molar-refractivity contribution in [3.63, 3.8) is 0 Å². The maximum Gasteiger partial charge on any atom is 0.0449 e. The minimum atomic E-state index is 0.428. The number of thioether (sulfide) groups is 1. The molecule has 0 aromatic heterocycles. The van der Waals surface area contributed by atoms with Crippen molar-refractivity contribution in [2.24, 2.45) is 0 Å². The molecule has 0 atom stereocenters. The Balaban J connectivity index is 2.13. The Hall–Kier alpha value is 0.310. The predicted molar refractivity (Wildman–Crippen MR) is 57.6 cm³/mol. The zero-order valence-corrected chi connectivity index (χ0v) is 9.41. The van der Waals surface area contributed by atoms with Crippen molar-refractivity contribution in [3.05, 3.63) is 0 Å². The maximum absolute atomic E-state index is 2.58. The van der Waals surface area contributed by atoms with Crippen molar-refractivity contribution in [1.82, 2.24) is 4.90 Å². The van der Waals surface area contributed by atoms with E-state index in [0.717, 1.165) is 0 Å². The van der Waals surface area contributed by atoms with Gasteiger partial charge in [-0.3, -0.25) is 4.90 Å². The minimum absolute atomic E-state index is 0.428. The van der Waals surface area contributed by atoms with Gasteiger partial charge in [-0.1, -0.05) is 27.2 Å². The lowest BCUT2D eigenvalue weighted by Crippen LogP contribution is -2.30. The molecule has 12 heavy (non-hydrogen) atoms. The summed E-state index contributed by atoms with van der Waals surface area (Å²) in [6.45, 7) is 9.52. The highest BCUT2D eigenvalue weighted by molar-refractivity contribution is 8.00. The summed E-state index contributed by atoms with van der Waals surface area (Å²) in [6, 6.07) is 0. The monoisotopic (exact) mass is 187 g/mol. The summed E-state index contributed by atoms with van der Waals surface area (Å²) in [5, 5.41) is 0. The summed E-state index contributed by atoms with van der Waals surface area (Å²) >= 11 is 2.07. The summed E-state index contributed by atoms with van der Waals surface area (Å²) in [6.07, 6.45) is 4.26. The zero-order valence-electron chi connectivity index (χ0n) is 8.60. The first kappa shape index (κ1) is 10.4. The van der Waals surface area contributed by atoms with E-state index in [-0.39, 0.29) is 0 Å². The Bertz CT molecular complexity index is 122. The van der Waals surface area contributed by atoms with Gasteiger partial charge in [-0.25, -0.2) is 0 Å². The fourth-order valence-electron chi connectivity index (χ4n) is 1.37. The van der Waals surface area contributed by atoms with E-state index >= 15 is 0 Å². The third kappa shape index (κ3) is 4.36. The van der Waals surface area contributed by atoms with Crippen LogP contribution >= 0.6 is 11.8 Å². The van der Waals surface area contributed by atoms with E-state index in [9.17, 15) is 0 Å². The van der Waals surface area contributed by atoms with Gasteiger partial charge in [0.05, 0.1) is 0 Å². The lowest BCUT2D eigenvalue weighted by molar-refractivity contribution is 0.265. The van der Waals surface area contributed by atoms with E-state index < -0.39 is 0 Å². The van der Waals surface area contributed by atoms with Crippen LogP contribution in [0.2, 0.25) is 0 Å². The van der Waals surface area contributed by atoms with Crippen LogP contribution in [0.15, 0.2) is 0 Å². The van der Waals surface area contributed by atoms with Crippen LogP contribution in [0.25, 0.3) is 0 Å². The van der Waals surface area contributed by atoms with Gasteiger partial charge < -0.3 is 0 Å². The van der Waals surface area contributed by atoms with Gasteiger partial charge in [-0.05, 0) is 25.9 Å². The quantitative estimate of drug-likeness (QED) is 0.654. The highest BCUT2D eigenvalue weighted by Gasteiger charge is 2.15. The van der Waals surface area contributed by atoms with E-state index in [4.69, 9.17) is 0 Å². The second-order valence-corrected chi connectivity index (χ2v) is 6.34. The molecule has 2 heteroatoms. The van der Waals surface area contributed by atoms with Gasteiger partial charge in [0.2, 0.25) is 0 Å². The molecule has 0 amide bonds. The molecule has 0 aromatic rings. The number of likely N-dealkylation sites (tertiary alicyclic amines) is 1. The molecule has 0 aromatic carbocycles. The molecule has 1 fully saturated rings. The molecule has 1 aliphatic rings. The zero-order chi connectivity index (χ0) is 9.03. The Morgan fingerprint density at radius 3 is 2.17 bits per heavy atom. The van der Waals surface area contributed by atoms with Crippen LogP contribution < -0.4 is 0 Å². The van der Waals surface area contributed by atoms with Gasteiger partial charge in [0, 0.05) is 10.6 Å². The molecule has 0 radical (unpaired) electrons. The second kappa shape index (κ2) is 4.52. The molecular weight excluding hydrogens is 166 g/mol. The van der Waals surface area contributed by atoms with E-state index in [2.05, 4.69) is 37.4 Å². The fraction of sp³-hybridized carbons (Fsp3) is 1.00. The Morgan fingerprint density at radius 2 is 1.67 bits per heavy atom. The van der Waals surface area contributed by atoms with Crippen molar-refractivity contribution in [2.75, 3.05) is 19.0 Å². The Labute approximate surface area is 80.9 Å². The van der Waals surface area contributed by atoms with E-state index in [1.165, 1.54) is 38.2 Å². The van der Waals surface area contributed by atoms with Gasteiger partial charge in [-0.15, -0.1) is 11.8 Å².